The van der Waals surface area contributed by atoms with Crippen molar-refractivity contribution in [3.63, 3.8) is 0 Å². The Morgan fingerprint density at radius 2 is 1.96 bits per heavy atom. The minimum absolute atomic E-state index is 0.0706. The lowest BCUT2D eigenvalue weighted by molar-refractivity contribution is 0.0942. The highest BCUT2D eigenvalue weighted by molar-refractivity contribution is 9.10. The molecule has 5 heteroatoms. The number of ether oxygens (including phenoxy) is 1. The Bertz CT molecular complexity index is 674. The number of nitrogens with zero attached hydrogens (tertiary/aromatic N) is 1. The van der Waals surface area contributed by atoms with E-state index in [4.69, 9.17) is 4.74 Å². The van der Waals surface area contributed by atoms with Gasteiger partial charge in [-0.25, -0.2) is 0 Å². The van der Waals surface area contributed by atoms with Gasteiger partial charge in [0.05, 0.1) is 13.2 Å². The van der Waals surface area contributed by atoms with E-state index in [1.54, 1.807) is 13.2 Å². The first kappa shape index (κ1) is 17.5. The summed E-state index contributed by atoms with van der Waals surface area (Å²) in [6.45, 7) is 0.519. The summed E-state index contributed by atoms with van der Waals surface area (Å²) in [6.07, 6.45) is 0. The fourth-order valence-electron chi connectivity index (χ4n) is 2.37. The van der Waals surface area contributed by atoms with Crippen LogP contribution in [0.1, 0.15) is 22.0 Å². The lowest BCUT2D eigenvalue weighted by Gasteiger charge is -2.25. The number of benzene rings is 2. The van der Waals surface area contributed by atoms with Crippen molar-refractivity contribution in [3.05, 3.63) is 64.1 Å². The van der Waals surface area contributed by atoms with Gasteiger partial charge in [-0.2, -0.15) is 0 Å². The van der Waals surface area contributed by atoms with E-state index < -0.39 is 0 Å². The summed E-state index contributed by atoms with van der Waals surface area (Å²) in [7, 11) is 5.64. The smallest absolute Gasteiger partial charge is 0.251 e. The van der Waals surface area contributed by atoms with E-state index in [0.717, 1.165) is 15.8 Å². The summed E-state index contributed by atoms with van der Waals surface area (Å²) in [4.78, 5) is 14.4. The number of rotatable bonds is 6. The first-order valence-electron chi connectivity index (χ1n) is 7.35. The third kappa shape index (κ3) is 4.81. The second-order valence-electron chi connectivity index (χ2n) is 5.48. The van der Waals surface area contributed by atoms with E-state index >= 15 is 0 Å². The van der Waals surface area contributed by atoms with E-state index in [2.05, 4.69) is 26.1 Å². The van der Waals surface area contributed by atoms with Crippen LogP contribution in [0.5, 0.6) is 5.75 Å². The summed E-state index contributed by atoms with van der Waals surface area (Å²) in [5, 5.41) is 3.00. The molecule has 1 atom stereocenters. The first-order valence-corrected chi connectivity index (χ1v) is 8.14. The molecule has 122 valence electrons. The van der Waals surface area contributed by atoms with Crippen LogP contribution in [0, 0.1) is 0 Å². The SMILES string of the molecule is COc1cccc(C(CNC(=O)c2cccc(Br)c2)N(C)C)c1. The maximum atomic E-state index is 12.3. The fourth-order valence-corrected chi connectivity index (χ4v) is 2.77. The molecular formula is C18H21BrN2O2. The van der Waals surface area contributed by atoms with Crippen molar-refractivity contribution in [2.24, 2.45) is 0 Å². The van der Waals surface area contributed by atoms with Crippen LogP contribution >= 0.6 is 15.9 Å². The van der Waals surface area contributed by atoms with E-state index in [9.17, 15) is 4.79 Å². The Labute approximate surface area is 145 Å². The lowest BCUT2D eigenvalue weighted by atomic mass is 10.1. The number of carbonyl (C=O) groups is 1. The van der Waals surface area contributed by atoms with E-state index in [1.165, 1.54) is 0 Å². The molecule has 0 fully saturated rings. The maximum Gasteiger partial charge on any atom is 0.251 e. The van der Waals surface area contributed by atoms with Gasteiger partial charge in [0, 0.05) is 16.6 Å². The molecule has 0 bridgehead atoms. The monoisotopic (exact) mass is 376 g/mol. The van der Waals surface area contributed by atoms with Crippen LogP contribution in [-0.2, 0) is 0 Å². The van der Waals surface area contributed by atoms with Crippen molar-refractivity contribution in [2.45, 2.75) is 6.04 Å². The molecule has 0 aliphatic rings. The van der Waals surface area contributed by atoms with Gasteiger partial charge in [-0.15, -0.1) is 0 Å². The third-order valence-corrected chi connectivity index (χ3v) is 4.14. The molecule has 0 saturated carbocycles. The van der Waals surface area contributed by atoms with Crippen LogP contribution in [0.4, 0.5) is 0 Å². The number of methoxy groups -OCH3 is 1. The molecule has 23 heavy (non-hydrogen) atoms. The summed E-state index contributed by atoms with van der Waals surface area (Å²) in [5.41, 5.74) is 1.74. The average molecular weight is 377 g/mol. The summed E-state index contributed by atoms with van der Waals surface area (Å²) >= 11 is 3.38. The van der Waals surface area contributed by atoms with E-state index in [-0.39, 0.29) is 11.9 Å². The first-order chi connectivity index (χ1) is 11.0. The number of amides is 1. The Kier molecular flexibility index (Phi) is 6.19. The van der Waals surface area contributed by atoms with Gasteiger partial charge >= 0.3 is 0 Å². The highest BCUT2D eigenvalue weighted by atomic mass is 79.9. The normalized spacial score (nSPS) is 12.0. The van der Waals surface area contributed by atoms with Crippen molar-refractivity contribution in [1.29, 1.82) is 0 Å². The molecule has 0 heterocycles. The zero-order valence-electron chi connectivity index (χ0n) is 13.5. The molecule has 0 spiro atoms. The van der Waals surface area contributed by atoms with Gasteiger partial charge < -0.3 is 15.0 Å². The third-order valence-electron chi connectivity index (χ3n) is 3.64. The second-order valence-corrected chi connectivity index (χ2v) is 6.39. The van der Waals surface area contributed by atoms with Crippen LogP contribution in [0.3, 0.4) is 0 Å². The number of carbonyl (C=O) groups excluding carboxylic acids is 1. The molecule has 0 aliphatic carbocycles. The Morgan fingerprint density at radius 3 is 2.61 bits per heavy atom. The molecule has 4 nitrogen and oxygen atoms in total. The largest absolute Gasteiger partial charge is 0.497 e. The minimum atomic E-state index is -0.0824. The second kappa shape index (κ2) is 8.13. The van der Waals surface area contributed by atoms with Crippen LogP contribution in [0.2, 0.25) is 0 Å². The average Bonchev–Trinajstić information content (AvgIpc) is 2.54. The van der Waals surface area contributed by atoms with Gasteiger partial charge in [0.15, 0.2) is 0 Å². The van der Waals surface area contributed by atoms with Gasteiger partial charge in [-0.05, 0) is 50.0 Å². The standard InChI is InChI=1S/C18H21BrN2O2/c1-21(2)17(13-6-5-9-16(11-13)23-3)12-20-18(22)14-7-4-8-15(19)10-14/h4-11,17H,12H2,1-3H3,(H,20,22). The zero-order chi connectivity index (χ0) is 16.8. The Balaban J connectivity index is 2.09. The number of nitrogens with one attached hydrogen (secondary N) is 1. The molecule has 0 aliphatic heterocycles. The summed E-state index contributed by atoms with van der Waals surface area (Å²) in [6, 6.07) is 15.3. The molecule has 1 unspecified atom stereocenters. The molecule has 2 rings (SSSR count). The molecule has 0 aromatic heterocycles. The topological polar surface area (TPSA) is 41.6 Å². The van der Waals surface area contributed by atoms with Crippen molar-refractivity contribution in [1.82, 2.24) is 10.2 Å². The molecule has 0 saturated heterocycles. The maximum absolute atomic E-state index is 12.3. The fraction of sp³-hybridized carbons (Fsp3) is 0.278. The minimum Gasteiger partial charge on any atom is -0.497 e. The van der Waals surface area contributed by atoms with Crippen LogP contribution in [-0.4, -0.2) is 38.6 Å². The van der Waals surface area contributed by atoms with E-state index in [0.29, 0.717) is 12.1 Å². The number of hydrogen-bond acceptors (Lipinski definition) is 3. The van der Waals surface area contributed by atoms with Crippen molar-refractivity contribution >= 4 is 21.8 Å². The molecule has 0 radical (unpaired) electrons. The van der Waals surface area contributed by atoms with Crippen LogP contribution < -0.4 is 10.1 Å². The highest BCUT2D eigenvalue weighted by Gasteiger charge is 2.16. The van der Waals surface area contributed by atoms with Crippen molar-refractivity contribution in [2.75, 3.05) is 27.7 Å². The van der Waals surface area contributed by atoms with Gasteiger partial charge in [-0.3, -0.25) is 4.79 Å². The molecule has 2 aromatic carbocycles. The highest BCUT2D eigenvalue weighted by Crippen LogP contribution is 2.22. The Morgan fingerprint density at radius 1 is 1.22 bits per heavy atom. The predicted molar refractivity (Wildman–Crippen MR) is 95.9 cm³/mol. The molecular weight excluding hydrogens is 356 g/mol. The Hall–Kier alpha value is -1.85. The quantitative estimate of drug-likeness (QED) is 0.838. The van der Waals surface area contributed by atoms with E-state index in [1.807, 2.05) is 56.6 Å². The van der Waals surface area contributed by atoms with Crippen molar-refractivity contribution in [3.8, 4) is 5.75 Å². The molecule has 2 aromatic rings. The van der Waals surface area contributed by atoms with Crippen LogP contribution in [0.25, 0.3) is 0 Å². The zero-order valence-corrected chi connectivity index (χ0v) is 15.1. The predicted octanol–water partition coefficient (Wildman–Crippen LogP) is 3.49. The number of hydrogen-bond donors (Lipinski definition) is 1. The van der Waals surface area contributed by atoms with Crippen molar-refractivity contribution < 1.29 is 9.53 Å². The number of likely N-dealkylation sites (N-methyl/N-ethyl adjacent to an activating group) is 1. The lowest BCUT2D eigenvalue weighted by Crippen LogP contribution is -2.34. The summed E-state index contributed by atoms with van der Waals surface area (Å²) in [5.74, 6) is 0.730. The van der Waals surface area contributed by atoms with Gasteiger partial charge in [0.25, 0.3) is 5.91 Å². The van der Waals surface area contributed by atoms with Gasteiger partial charge in [0.1, 0.15) is 5.75 Å². The molecule has 1 N–H and O–H groups in total. The van der Waals surface area contributed by atoms with Gasteiger partial charge in [0.2, 0.25) is 0 Å². The van der Waals surface area contributed by atoms with Gasteiger partial charge in [-0.1, -0.05) is 34.1 Å². The molecule has 1 amide bonds. The number of halogens is 1. The van der Waals surface area contributed by atoms with Crippen LogP contribution in [0.15, 0.2) is 53.0 Å². The summed E-state index contributed by atoms with van der Waals surface area (Å²) < 4.78 is 6.17.